The first-order valence-electron chi connectivity index (χ1n) is 6.47. The SMILES string of the molecule is Nc1ccc(Cc2ccc3c(c2)CCC(=O)N3)cc1. The second-order valence-electron chi connectivity index (χ2n) is 4.96. The van der Waals surface area contributed by atoms with Gasteiger partial charge in [0, 0.05) is 17.8 Å². The van der Waals surface area contributed by atoms with Crippen molar-refractivity contribution in [2.75, 3.05) is 11.1 Å². The van der Waals surface area contributed by atoms with E-state index in [0.29, 0.717) is 6.42 Å². The molecule has 2 aromatic rings. The molecule has 0 aromatic heterocycles. The van der Waals surface area contributed by atoms with Crippen LogP contribution in [0.1, 0.15) is 23.1 Å². The van der Waals surface area contributed by atoms with E-state index in [9.17, 15) is 4.79 Å². The zero-order valence-corrected chi connectivity index (χ0v) is 10.6. The quantitative estimate of drug-likeness (QED) is 0.807. The molecule has 0 fully saturated rings. The number of aryl methyl sites for hydroxylation is 1. The molecule has 1 heterocycles. The summed E-state index contributed by atoms with van der Waals surface area (Å²) in [6.07, 6.45) is 2.30. The number of nitrogen functional groups attached to an aromatic ring is 1. The molecule has 96 valence electrons. The Hall–Kier alpha value is -2.29. The van der Waals surface area contributed by atoms with Crippen molar-refractivity contribution in [1.29, 1.82) is 0 Å². The molecule has 1 aliphatic heterocycles. The highest BCUT2D eigenvalue weighted by atomic mass is 16.1. The van der Waals surface area contributed by atoms with Gasteiger partial charge in [0.2, 0.25) is 5.91 Å². The van der Waals surface area contributed by atoms with E-state index >= 15 is 0 Å². The minimum Gasteiger partial charge on any atom is -0.399 e. The minimum atomic E-state index is 0.110. The summed E-state index contributed by atoms with van der Waals surface area (Å²) in [6, 6.07) is 14.2. The van der Waals surface area contributed by atoms with E-state index in [1.807, 2.05) is 18.2 Å². The van der Waals surface area contributed by atoms with Crippen molar-refractivity contribution < 1.29 is 4.79 Å². The number of carbonyl (C=O) groups is 1. The Morgan fingerprint density at radius 1 is 1.00 bits per heavy atom. The number of anilines is 2. The topological polar surface area (TPSA) is 55.1 Å². The molecule has 3 N–H and O–H groups in total. The average molecular weight is 252 g/mol. The maximum absolute atomic E-state index is 11.3. The van der Waals surface area contributed by atoms with Crippen molar-refractivity contribution in [2.45, 2.75) is 19.3 Å². The summed E-state index contributed by atoms with van der Waals surface area (Å²) in [5.74, 6) is 0.110. The van der Waals surface area contributed by atoms with Gasteiger partial charge in [-0.2, -0.15) is 0 Å². The van der Waals surface area contributed by atoms with Gasteiger partial charge in [-0.15, -0.1) is 0 Å². The molecule has 3 rings (SSSR count). The van der Waals surface area contributed by atoms with Crippen molar-refractivity contribution in [3.05, 3.63) is 59.2 Å². The first kappa shape index (κ1) is 11.8. The van der Waals surface area contributed by atoms with E-state index in [0.717, 1.165) is 24.2 Å². The van der Waals surface area contributed by atoms with Gasteiger partial charge in [-0.25, -0.2) is 0 Å². The van der Waals surface area contributed by atoms with Crippen molar-refractivity contribution in [1.82, 2.24) is 0 Å². The molecule has 19 heavy (non-hydrogen) atoms. The van der Waals surface area contributed by atoms with Crippen molar-refractivity contribution in [3.63, 3.8) is 0 Å². The first-order chi connectivity index (χ1) is 9.20. The average Bonchev–Trinajstić information content (AvgIpc) is 2.42. The highest BCUT2D eigenvalue weighted by Gasteiger charge is 2.14. The predicted octanol–water partition coefficient (Wildman–Crippen LogP) is 2.74. The zero-order valence-electron chi connectivity index (χ0n) is 10.6. The van der Waals surface area contributed by atoms with Crippen LogP contribution < -0.4 is 11.1 Å². The van der Waals surface area contributed by atoms with Gasteiger partial charge in [0.05, 0.1) is 0 Å². The molecular formula is C16H16N2O. The molecule has 0 atom stereocenters. The molecule has 0 saturated heterocycles. The summed E-state index contributed by atoms with van der Waals surface area (Å²) >= 11 is 0. The van der Waals surface area contributed by atoms with Gasteiger partial charge in [0.1, 0.15) is 0 Å². The lowest BCUT2D eigenvalue weighted by Gasteiger charge is -2.17. The van der Waals surface area contributed by atoms with Crippen LogP contribution in [0.25, 0.3) is 0 Å². The van der Waals surface area contributed by atoms with E-state index in [2.05, 4.69) is 29.6 Å². The fourth-order valence-electron chi connectivity index (χ4n) is 2.42. The third kappa shape index (κ3) is 2.60. The highest BCUT2D eigenvalue weighted by molar-refractivity contribution is 5.93. The summed E-state index contributed by atoms with van der Waals surface area (Å²) < 4.78 is 0. The van der Waals surface area contributed by atoms with E-state index in [1.54, 1.807) is 0 Å². The van der Waals surface area contributed by atoms with Crippen molar-refractivity contribution in [3.8, 4) is 0 Å². The van der Waals surface area contributed by atoms with Gasteiger partial charge in [-0.3, -0.25) is 4.79 Å². The standard InChI is InChI=1S/C16H16N2O/c17-14-5-1-11(2-6-14)9-12-3-7-15-13(10-12)4-8-16(19)18-15/h1-3,5-7,10H,4,8-9,17H2,(H,18,19). The number of nitrogens with two attached hydrogens (primary N) is 1. The second kappa shape index (κ2) is 4.76. The van der Waals surface area contributed by atoms with Crippen LogP contribution in [-0.4, -0.2) is 5.91 Å². The summed E-state index contributed by atoms with van der Waals surface area (Å²) in [5.41, 5.74) is 11.2. The predicted molar refractivity (Wildman–Crippen MR) is 77.1 cm³/mol. The summed E-state index contributed by atoms with van der Waals surface area (Å²) in [6.45, 7) is 0. The maximum atomic E-state index is 11.3. The van der Waals surface area contributed by atoms with Gasteiger partial charge >= 0.3 is 0 Å². The number of carbonyl (C=O) groups excluding carboxylic acids is 1. The molecule has 0 aliphatic carbocycles. The molecule has 3 nitrogen and oxygen atoms in total. The lowest BCUT2D eigenvalue weighted by atomic mass is 9.97. The van der Waals surface area contributed by atoms with Gasteiger partial charge < -0.3 is 11.1 Å². The van der Waals surface area contributed by atoms with Gasteiger partial charge in [0.25, 0.3) is 0 Å². The summed E-state index contributed by atoms with van der Waals surface area (Å²) in [5, 5.41) is 2.90. The molecule has 1 aliphatic rings. The molecular weight excluding hydrogens is 236 g/mol. The van der Waals surface area contributed by atoms with Gasteiger partial charge in [-0.1, -0.05) is 24.3 Å². The molecule has 1 amide bonds. The van der Waals surface area contributed by atoms with Gasteiger partial charge in [-0.05, 0) is 47.7 Å². The van der Waals surface area contributed by atoms with E-state index < -0.39 is 0 Å². The van der Waals surface area contributed by atoms with E-state index in [4.69, 9.17) is 5.73 Å². The summed E-state index contributed by atoms with van der Waals surface area (Å²) in [7, 11) is 0. The third-order valence-electron chi connectivity index (χ3n) is 3.45. The van der Waals surface area contributed by atoms with Crippen LogP contribution in [0.5, 0.6) is 0 Å². The van der Waals surface area contributed by atoms with Crippen LogP contribution in [0.3, 0.4) is 0 Å². The number of rotatable bonds is 2. The van der Waals surface area contributed by atoms with E-state index in [-0.39, 0.29) is 5.91 Å². The number of fused-ring (bicyclic) bond motifs is 1. The fraction of sp³-hybridized carbons (Fsp3) is 0.188. The molecule has 3 heteroatoms. The number of benzene rings is 2. The summed E-state index contributed by atoms with van der Waals surface area (Å²) in [4.78, 5) is 11.3. The van der Waals surface area contributed by atoms with Crippen LogP contribution >= 0.6 is 0 Å². The Labute approximate surface area is 112 Å². The Kier molecular flexibility index (Phi) is 2.95. The molecule has 0 saturated carbocycles. The smallest absolute Gasteiger partial charge is 0.224 e. The number of nitrogens with one attached hydrogen (secondary N) is 1. The van der Waals surface area contributed by atoms with Crippen molar-refractivity contribution in [2.24, 2.45) is 0 Å². The van der Waals surface area contributed by atoms with Gasteiger partial charge in [0.15, 0.2) is 0 Å². The highest BCUT2D eigenvalue weighted by Crippen LogP contribution is 2.24. The Balaban J connectivity index is 1.82. The van der Waals surface area contributed by atoms with Crippen LogP contribution in [-0.2, 0) is 17.6 Å². The number of hydrogen-bond donors (Lipinski definition) is 2. The Bertz CT molecular complexity index is 617. The lowest BCUT2D eigenvalue weighted by molar-refractivity contribution is -0.116. The molecule has 0 unspecified atom stereocenters. The third-order valence-corrected chi connectivity index (χ3v) is 3.45. The molecule has 0 bridgehead atoms. The van der Waals surface area contributed by atoms with Crippen molar-refractivity contribution >= 4 is 17.3 Å². The molecule has 0 radical (unpaired) electrons. The maximum Gasteiger partial charge on any atom is 0.224 e. The molecule has 2 aromatic carbocycles. The largest absolute Gasteiger partial charge is 0.399 e. The number of hydrogen-bond acceptors (Lipinski definition) is 2. The van der Waals surface area contributed by atoms with Crippen LogP contribution in [0.15, 0.2) is 42.5 Å². The monoisotopic (exact) mass is 252 g/mol. The fourth-order valence-corrected chi connectivity index (χ4v) is 2.42. The second-order valence-corrected chi connectivity index (χ2v) is 4.96. The van der Waals surface area contributed by atoms with Crippen LogP contribution in [0.4, 0.5) is 11.4 Å². The van der Waals surface area contributed by atoms with E-state index in [1.165, 1.54) is 16.7 Å². The first-order valence-corrected chi connectivity index (χ1v) is 6.47. The Morgan fingerprint density at radius 3 is 2.53 bits per heavy atom. The lowest BCUT2D eigenvalue weighted by Crippen LogP contribution is -2.18. The number of amides is 1. The van der Waals surface area contributed by atoms with Crippen LogP contribution in [0.2, 0.25) is 0 Å². The minimum absolute atomic E-state index is 0.110. The molecule has 0 spiro atoms. The zero-order chi connectivity index (χ0) is 13.2. The Morgan fingerprint density at radius 2 is 1.74 bits per heavy atom. The normalized spacial score (nSPS) is 13.8. The van der Waals surface area contributed by atoms with Crippen LogP contribution in [0, 0.1) is 0 Å².